The van der Waals surface area contributed by atoms with Crippen LogP contribution in [0.3, 0.4) is 0 Å². The predicted octanol–water partition coefficient (Wildman–Crippen LogP) is 2.46. The number of anilines is 2. The summed E-state index contributed by atoms with van der Waals surface area (Å²) in [5.74, 6) is -1.84. The van der Waals surface area contributed by atoms with Gasteiger partial charge in [-0.25, -0.2) is 0 Å². The minimum Gasteiger partial charge on any atom is -0.396 e. The van der Waals surface area contributed by atoms with Gasteiger partial charge in [-0.05, 0) is 71.3 Å². The highest BCUT2D eigenvalue weighted by atomic mass is 28.4. The van der Waals surface area contributed by atoms with Crippen molar-refractivity contribution in [3.63, 3.8) is 0 Å². The summed E-state index contributed by atoms with van der Waals surface area (Å²) >= 11 is 0. The van der Waals surface area contributed by atoms with Crippen molar-refractivity contribution in [1.82, 2.24) is 15.0 Å². The van der Waals surface area contributed by atoms with Gasteiger partial charge >= 0.3 is 0 Å². The Labute approximate surface area is 304 Å². The van der Waals surface area contributed by atoms with Crippen LogP contribution in [0.2, 0.25) is 18.6 Å². The van der Waals surface area contributed by atoms with Gasteiger partial charge in [0.1, 0.15) is 18.3 Å². The van der Waals surface area contributed by atoms with Crippen molar-refractivity contribution in [2.45, 2.75) is 121 Å². The number of aliphatic hydroxyl groups excluding tert-OH is 5. The van der Waals surface area contributed by atoms with Gasteiger partial charge in [-0.15, -0.1) is 5.10 Å². The van der Waals surface area contributed by atoms with Crippen LogP contribution in [-0.4, -0.2) is 111 Å². The molecule has 286 valence electrons. The summed E-state index contributed by atoms with van der Waals surface area (Å²) in [5, 5.41) is 60.6. The maximum absolute atomic E-state index is 16.4. The lowest BCUT2D eigenvalue weighted by Gasteiger charge is -2.37. The van der Waals surface area contributed by atoms with Crippen LogP contribution in [0, 0.1) is 5.92 Å². The minimum absolute atomic E-state index is 0.0693. The van der Waals surface area contributed by atoms with Crippen molar-refractivity contribution < 1.29 is 48.7 Å². The lowest BCUT2D eigenvalue weighted by molar-refractivity contribution is -0.274. The summed E-state index contributed by atoms with van der Waals surface area (Å²) in [4.78, 5) is 29.7. The maximum atomic E-state index is 16.4. The van der Waals surface area contributed by atoms with Crippen molar-refractivity contribution in [2.24, 2.45) is 5.92 Å². The molecule has 14 nitrogen and oxygen atoms in total. The minimum atomic E-state index is -3.49. The Balaban J connectivity index is 1.50. The average Bonchev–Trinajstić information content (AvgIpc) is 3.72. The number of rotatable bonds is 13. The lowest BCUT2D eigenvalue weighted by Crippen LogP contribution is -2.60. The Morgan fingerprint density at radius 3 is 2.52 bits per heavy atom. The Morgan fingerprint density at radius 1 is 1.12 bits per heavy atom. The van der Waals surface area contributed by atoms with Gasteiger partial charge in [0, 0.05) is 55.0 Å². The third kappa shape index (κ3) is 7.94. The summed E-state index contributed by atoms with van der Waals surface area (Å²) in [6, 6.07) is 4.87. The molecule has 4 heterocycles. The standard InChI is InChI=1S/C36H52FN5O9Si/c1-20(2)8-7-9-21(3)12-16-42-26-11-10-23(38-33(47)31-29(45)28(44)30(46)34(48)50-31)18-25(26)36(35(42)49)22(4)32(52(5,6)37)27(51-36)13-15-41-19-24(14-17-43)39-40-41/h8,10-12,18-19,22,27-32,34,43-46,48H,7,9,13-17H2,1-6H3,(H,38,47)/b21-12+/t22-,27+,28-,29-,30+,31-,32-,34+,36+/m0/s1. The van der Waals surface area contributed by atoms with Crippen LogP contribution in [0.1, 0.15) is 58.2 Å². The number of allylic oxidation sites excluding steroid dienone is 3. The van der Waals surface area contributed by atoms with Crippen LogP contribution in [-0.2, 0) is 37.6 Å². The van der Waals surface area contributed by atoms with Crippen molar-refractivity contribution in [1.29, 1.82) is 0 Å². The molecule has 6 N–H and O–H groups in total. The van der Waals surface area contributed by atoms with E-state index in [1.807, 2.05) is 33.8 Å². The van der Waals surface area contributed by atoms with Gasteiger partial charge in [0.2, 0.25) is 8.41 Å². The molecule has 1 spiro atoms. The molecule has 5 rings (SSSR count). The molecule has 1 aromatic heterocycles. The first-order valence-electron chi connectivity index (χ1n) is 17.8. The number of carbonyl (C=O) groups excluding carboxylic acids is 2. The fourth-order valence-electron chi connectivity index (χ4n) is 7.74. The first-order valence-corrected chi connectivity index (χ1v) is 20.8. The molecule has 0 unspecified atom stereocenters. The van der Waals surface area contributed by atoms with Crippen LogP contribution in [0.25, 0.3) is 0 Å². The van der Waals surface area contributed by atoms with Gasteiger partial charge in [-0.1, -0.05) is 35.4 Å². The molecule has 0 radical (unpaired) electrons. The second kappa shape index (κ2) is 15.9. The van der Waals surface area contributed by atoms with E-state index in [4.69, 9.17) is 9.47 Å². The average molecular weight is 746 g/mol. The number of aliphatic hydroxyl groups is 5. The van der Waals surface area contributed by atoms with Crippen molar-refractivity contribution in [2.75, 3.05) is 23.4 Å². The number of fused-ring (bicyclic) bond motifs is 2. The summed E-state index contributed by atoms with van der Waals surface area (Å²) < 4.78 is 30.0. The Morgan fingerprint density at radius 2 is 1.85 bits per heavy atom. The molecule has 0 aliphatic carbocycles. The van der Waals surface area contributed by atoms with Gasteiger partial charge in [-0.3, -0.25) is 14.3 Å². The SMILES string of the molecule is CC(C)=CCC/C(C)=C/CN1C(=O)[C@]2(O[C@H](CCn3cc(CCO)nn3)[C@@H]([Si](C)(C)F)[C@@H]2C)c2cc(NC(=O)[C@H]3O[C@@H](O)[C@H](O)[C@@H](O)[C@@H]3O)ccc21. The Hall–Kier alpha value is -3.35. The van der Waals surface area contributed by atoms with Crippen molar-refractivity contribution in [3.8, 4) is 0 Å². The van der Waals surface area contributed by atoms with Crippen LogP contribution < -0.4 is 10.2 Å². The van der Waals surface area contributed by atoms with Gasteiger partial charge < -0.3 is 49.3 Å². The summed E-state index contributed by atoms with van der Waals surface area (Å²) in [6.07, 6.45) is -1.50. The molecule has 2 saturated heterocycles. The number of amides is 2. The maximum Gasteiger partial charge on any atom is 0.264 e. The summed E-state index contributed by atoms with van der Waals surface area (Å²) in [5.41, 5.74) is 1.97. The van der Waals surface area contributed by atoms with Gasteiger partial charge in [0.05, 0.1) is 17.5 Å². The van der Waals surface area contributed by atoms with Crippen LogP contribution in [0.5, 0.6) is 0 Å². The van der Waals surface area contributed by atoms with Crippen LogP contribution in [0.15, 0.2) is 47.7 Å². The Kier molecular flexibility index (Phi) is 12.2. The molecule has 2 fully saturated rings. The second-order valence-corrected chi connectivity index (χ2v) is 18.7. The van der Waals surface area contributed by atoms with E-state index in [-0.39, 0.29) is 24.7 Å². The molecule has 16 heteroatoms. The largest absolute Gasteiger partial charge is 0.396 e. The zero-order chi connectivity index (χ0) is 38.1. The summed E-state index contributed by atoms with van der Waals surface area (Å²) in [6.45, 7) is 11.7. The highest BCUT2D eigenvalue weighted by Crippen LogP contribution is 2.60. The fourth-order valence-corrected chi connectivity index (χ4v) is 10.3. The molecular formula is C36H52FN5O9Si. The number of nitrogens with zero attached hydrogens (tertiary/aromatic N) is 4. The van der Waals surface area contributed by atoms with Gasteiger partial charge in [-0.2, -0.15) is 0 Å². The number of ether oxygens (including phenoxy) is 2. The first-order chi connectivity index (χ1) is 24.5. The van der Waals surface area contributed by atoms with Crippen LogP contribution >= 0.6 is 0 Å². The fraction of sp³-hybridized carbons (Fsp3) is 0.611. The number of carbonyl (C=O) groups is 2. The zero-order valence-corrected chi connectivity index (χ0v) is 31.6. The molecule has 2 aromatic rings. The third-order valence-corrected chi connectivity index (χ3v) is 12.8. The highest BCUT2D eigenvalue weighted by Gasteiger charge is 2.66. The van der Waals surface area contributed by atoms with E-state index >= 15 is 4.11 Å². The van der Waals surface area contributed by atoms with Crippen LogP contribution in [0.4, 0.5) is 15.5 Å². The van der Waals surface area contributed by atoms with E-state index in [9.17, 15) is 35.1 Å². The number of aromatic nitrogens is 3. The zero-order valence-electron chi connectivity index (χ0n) is 30.6. The van der Waals surface area contributed by atoms with E-state index in [1.54, 1.807) is 47.1 Å². The van der Waals surface area contributed by atoms with Gasteiger partial charge in [0.15, 0.2) is 18.0 Å². The van der Waals surface area contributed by atoms with E-state index in [1.165, 1.54) is 5.57 Å². The summed E-state index contributed by atoms with van der Waals surface area (Å²) in [7, 11) is -3.49. The number of halogens is 1. The van der Waals surface area contributed by atoms with E-state index in [0.29, 0.717) is 36.3 Å². The molecule has 1 aromatic carbocycles. The molecule has 9 atom stereocenters. The molecule has 0 saturated carbocycles. The Bertz CT molecular complexity index is 1680. The first kappa shape index (κ1) is 39.8. The number of hydrogen-bond donors (Lipinski definition) is 6. The number of nitrogens with one attached hydrogen (secondary N) is 1. The topological polar surface area (TPSA) is 200 Å². The third-order valence-electron chi connectivity index (χ3n) is 10.4. The van der Waals surface area contributed by atoms with E-state index in [0.717, 1.165) is 18.4 Å². The lowest BCUT2D eigenvalue weighted by atomic mass is 9.82. The van der Waals surface area contributed by atoms with Crippen molar-refractivity contribution in [3.05, 3.63) is 59.0 Å². The normalized spacial score (nSPS) is 30.6. The predicted molar refractivity (Wildman–Crippen MR) is 192 cm³/mol. The number of hydrogen-bond acceptors (Lipinski definition) is 11. The van der Waals surface area contributed by atoms with E-state index in [2.05, 4.69) is 21.7 Å². The number of benzene rings is 1. The molecule has 52 heavy (non-hydrogen) atoms. The second-order valence-electron chi connectivity index (χ2n) is 14.9. The molecule has 2 amide bonds. The molecular weight excluding hydrogens is 694 g/mol. The molecule has 0 bridgehead atoms. The molecule has 3 aliphatic rings. The van der Waals surface area contributed by atoms with E-state index < -0.39 is 68.2 Å². The quantitative estimate of drug-likeness (QED) is 0.100. The monoisotopic (exact) mass is 745 g/mol. The smallest absolute Gasteiger partial charge is 0.264 e. The van der Waals surface area contributed by atoms with Crippen molar-refractivity contribution >= 4 is 31.6 Å². The number of aryl methyl sites for hydroxylation is 1. The molecule has 3 aliphatic heterocycles. The highest BCUT2D eigenvalue weighted by molar-refractivity contribution is 6.72. The van der Waals surface area contributed by atoms with Gasteiger partial charge in [0.25, 0.3) is 11.8 Å².